The van der Waals surface area contributed by atoms with Crippen LogP contribution in [0.3, 0.4) is 0 Å². The topological polar surface area (TPSA) is 49.3 Å². The number of amides is 1. The summed E-state index contributed by atoms with van der Waals surface area (Å²) in [5.41, 5.74) is 3.34. The molecule has 0 spiro atoms. The molecule has 110 valence electrons. The first-order valence-corrected chi connectivity index (χ1v) is 6.83. The van der Waals surface area contributed by atoms with Crippen molar-refractivity contribution in [2.45, 2.75) is 26.4 Å². The molecular weight excluding hydrogens is 269 g/mol. The monoisotopic (exact) mass is 287 g/mol. The van der Waals surface area contributed by atoms with Crippen molar-refractivity contribution in [3.05, 3.63) is 65.0 Å². The molecule has 0 fully saturated rings. The molecule has 0 heterocycles. The third-order valence-corrected chi connectivity index (χ3v) is 3.31. The van der Waals surface area contributed by atoms with Gasteiger partial charge in [-0.1, -0.05) is 24.3 Å². The Balaban J connectivity index is 1.94. The molecule has 0 saturated carbocycles. The van der Waals surface area contributed by atoms with Gasteiger partial charge in [-0.25, -0.2) is 4.39 Å². The summed E-state index contributed by atoms with van der Waals surface area (Å²) in [6.45, 7) is 1.84. The molecule has 0 aliphatic heterocycles. The van der Waals surface area contributed by atoms with E-state index in [-0.39, 0.29) is 18.3 Å². The third-order valence-electron chi connectivity index (χ3n) is 3.31. The normalized spacial score (nSPS) is 10.4. The molecule has 21 heavy (non-hydrogen) atoms. The summed E-state index contributed by atoms with van der Waals surface area (Å²) in [6, 6.07) is 11.6. The predicted octanol–water partition coefficient (Wildman–Crippen LogP) is 3.20. The summed E-state index contributed by atoms with van der Waals surface area (Å²) in [5, 5.41) is 12.0. The summed E-state index contributed by atoms with van der Waals surface area (Å²) in [7, 11) is 0. The number of hydrogen-bond donors (Lipinski definition) is 2. The number of hydrogen-bond acceptors (Lipinski definition) is 2. The van der Waals surface area contributed by atoms with Crippen LogP contribution in [0.1, 0.15) is 23.1 Å². The largest absolute Gasteiger partial charge is 0.392 e. The van der Waals surface area contributed by atoms with Crippen molar-refractivity contribution in [3.8, 4) is 0 Å². The van der Waals surface area contributed by atoms with Gasteiger partial charge < -0.3 is 10.4 Å². The Kier molecular flexibility index (Phi) is 5.06. The molecular formula is C17H18FNO2. The zero-order valence-electron chi connectivity index (χ0n) is 11.9. The Hall–Kier alpha value is -2.20. The molecule has 0 atom stereocenters. The van der Waals surface area contributed by atoms with E-state index in [0.29, 0.717) is 18.5 Å². The van der Waals surface area contributed by atoms with Crippen molar-refractivity contribution in [3.63, 3.8) is 0 Å². The number of aliphatic hydroxyl groups excluding tert-OH is 1. The van der Waals surface area contributed by atoms with Crippen LogP contribution < -0.4 is 5.32 Å². The van der Waals surface area contributed by atoms with Crippen LogP contribution in [-0.4, -0.2) is 11.0 Å². The van der Waals surface area contributed by atoms with Gasteiger partial charge in [0.2, 0.25) is 5.91 Å². The minimum Gasteiger partial charge on any atom is -0.392 e. The van der Waals surface area contributed by atoms with Crippen molar-refractivity contribution in [2.75, 3.05) is 5.32 Å². The van der Waals surface area contributed by atoms with Crippen LogP contribution in [-0.2, 0) is 17.8 Å². The summed E-state index contributed by atoms with van der Waals surface area (Å²) < 4.78 is 12.8. The van der Waals surface area contributed by atoms with Crippen LogP contribution in [0.2, 0.25) is 0 Å². The van der Waals surface area contributed by atoms with Gasteiger partial charge in [-0.05, 0) is 48.2 Å². The van der Waals surface area contributed by atoms with Gasteiger partial charge >= 0.3 is 0 Å². The van der Waals surface area contributed by atoms with Crippen LogP contribution in [0, 0.1) is 12.7 Å². The van der Waals surface area contributed by atoms with E-state index in [0.717, 1.165) is 16.7 Å². The van der Waals surface area contributed by atoms with E-state index >= 15 is 0 Å². The van der Waals surface area contributed by atoms with Gasteiger partial charge in [0.15, 0.2) is 0 Å². The summed E-state index contributed by atoms with van der Waals surface area (Å²) in [5.74, 6) is -0.378. The van der Waals surface area contributed by atoms with Gasteiger partial charge in [0.1, 0.15) is 5.82 Å². The van der Waals surface area contributed by atoms with Gasteiger partial charge in [0.05, 0.1) is 6.61 Å². The Labute approximate surface area is 123 Å². The first kappa shape index (κ1) is 15.2. The van der Waals surface area contributed by atoms with Crippen molar-refractivity contribution >= 4 is 11.6 Å². The van der Waals surface area contributed by atoms with Crippen molar-refractivity contribution in [2.24, 2.45) is 0 Å². The van der Waals surface area contributed by atoms with Gasteiger partial charge in [0.25, 0.3) is 0 Å². The van der Waals surface area contributed by atoms with Gasteiger partial charge in [-0.2, -0.15) is 0 Å². The molecule has 0 bridgehead atoms. The van der Waals surface area contributed by atoms with Gasteiger partial charge in [0, 0.05) is 12.1 Å². The SMILES string of the molecule is Cc1ccc(CO)cc1NC(=O)CCc1ccc(F)cc1. The van der Waals surface area contributed by atoms with Gasteiger partial charge in [-0.3, -0.25) is 4.79 Å². The van der Waals surface area contributed by atoms with Crippen LogP contribution >= 0.6 is 0 Å². The average Bonchev–Trinajstić information content (AvgIpc) is 2.49. The second kappa shape index (κ2) is 6.99. The molecule has 0 aromatic heterocycles. The van der Waals surface area contributed by atoms with Crippen LogP contribution in [0.15, 0.2) is 42.5 Å². The Morgan fingerprint density at radius 2 is 1.81 bits per heavy atom. The van der Waals surface area contributed by atoms with Gasteiger partial charge in [-0.15, -0.1) is 0 Å². The summed E-state index contributed by atoms with van der Waals surface area (Å²) in [6.07, 6.45) is 0.888. The van der Waals surface area contributed by atoms with E-state index in [1.807, 2.05) is 19.1 Å². The van der Waals surface area contributed by atoms with E-state index in [2.05, 4.69) is 5.32 Å². The highest BCUT2D eigenvalue weighted by molar-refractivity contribution is 5.91. The smallest absolute Gasteiger partial charge is 0.224 e. The molecule has 1 amide bonds. The quantitative estimate of drug-likeness (QED) is 0.887. The van der Waals surface area contributed by atoms with Crippen molar-refractivity contribution in [1.82, 2.24) is 0 Å². The number of aliphatic hydroxyl groups is 1. The minimum atomic E-state index is -0.278. The first-order chi connectivity index (χ1) is 10.1. The maximum atomic E-state index is 12.8. The molecule has 4 heteroatoms. The van der Waals surface area contributed by atoms with E-state index in [1.165, 1.54) is 12.1 Å². The highest BCUT2D eigenvalue weighted by Crippen LogP contribution is 2.17. The number of benzene rings is 2. The average molecular weight is 287 g/mol. The Morgan fingerprint density at radius 3 is 2.48 bits per heavy atom. The van der Waals surface area contributed by atoms with E-state index in [1.54, 1.807) is 18.2 Å². The molecule has 0 aliphatic carbocycles. The fourth-order valence-corrected chi connectivity index (χ4v) is 2.02. The number of carbonyl (C=O) groups excluding carboxylic acids is 1. The number of aryl methyl sites for hydroxylation is 2. The molecule has 0 saturated heterocycles. The maximum Gasteiger partial charge on any atom is 0.224 e. The van der Waals surface area contributed by atoms with Crippen molar-refractivity contribution in [1.29, 1.82) is 0 Å². The lowest BCUT2D eigenvalue weighted by atomic mass is 10.1. The first-order valence-electron chi connectivity index (χ1n) is 6.83. The van der Waals surface area contributed by atoms with Crippen molar-refractivity contribution < 1.29 is 14.3 Å². The number of rotatable bonds is 5. The minimum absolute atomic E-state index is 0.0568. The molecule has 2 rings (SSSR count). The van der Waals surface area contributed by atoms with Crippen LogP contribution in [0.5, 0.6) is 0 Å². The lowest BCUT2D eigenvalue weighted by Gasteiger charge is -2.10. The molecule has 3 nitrogen and oxygen atoms in total. The van der Waals surface area contributed by atoms with Crippen LogP contribution in [0.4, 0.5) is 10.1 Å². The fraction of sp³-hybridized carbons (Fsp3) is 0.235. The Morgan fingerprint density at radius 1 is 1.14 bits per heavy atom. The summed E-state index contributed by atoms with van der Waals surface area (Å²) in [4.78, 5) is 12.0. The fourth-order valence-electron chi connectivity index (χ4n) is 2.02. The number of halogens is 1. The maximum absolute atomic E-state index is 12.8. The number of nitrogens with one attached hydrogen (secondary N) is 1. The molecule has 0 aliphatic rings. The lowest BCUT2D eigenvalue weighted by molar-refractivity contribution is -0.116. The van der Waals surface area contributed by atoms with E-state index < -0.39 is 0 Å². The molecule has 0 unspecified atom stereocenters. The zero-order valence-corrected chi connectivity index (χ0v) is 11.9. The van der Waals surface area contributed by atoms with E-state index in [9.17, 15) is 9.18 Å². The molecule has 2 aromatic carbocycles. The number of anilines is 1. The highest BCUT2D eigenvalue weighted by atomic mass is 19.1. The van der Waals surface area contributed by atoms with Crippen LogP contribution in [0.25, 0.3) is 0 Å². The lowest BCUT2D eigenvalue weighted by Crippen LogP contribution is -2.13. The molecule has 2 aromatic rings. The summed E-state index contributed by atoms with van der Waals surface area (Å²) >= 11 is 0. The number of carbonyl (C=O) groups is 1. The molecule has 0 radical (unpaired) electrons. The standard InChI is InChI=1S/C17H18FNO2/c1-12-2-3-14(11-20)10-16(12)19-17(21)9-6-13-4-7-15(18)8-5-13/h2-5,7-8,10,20H,6,9,11H2,1H3,(H,19,21). The highest BCUT2D eigenvalue weighted by Gasteiger charge is 2.06. The second-order valence-corrected chi connectivity index (χ2v) is 4.98. The third kappa shape index (κ3) is 4.39. The van der Waals surface area contributed by atoms with E-state index in [4.69, 9.17) is 5.11 Å². The molecule has 2 N–H and O–H groups in total. The Bertz CT molecular complexity index is 623. The second-order valence-electron chi connectivity index (χ2n) is 4.98. The zero-order chi connectivity index (χ0) is 15.2. The predicted molar refractivity (Wildman–Crippen MR) is 80.5 cm³/mol.